The van der Waals surface area contributed by atoms with Gasteiger partial charge >= 0.3 is 8.80 Å². The first-order chi connectivity index (χ1) is 7.83. The van der Waals surface area contributed by atoms with Crippen molar-refractivity contribution in [2.24, 2.45) is 0 Å². The fourth-order valence-electron chi connectivity index (χ4n) is 1.46. The van der Waals surface area contributed by atoms with Gasteiger partial charge in [-0.2, -0.15) is 0 Å². The van der Waals surface area contributed by atoms with Gasteiger partial charge in [-0.3, -0.25) is 0 Å². The third kappa shape index (κ3) is 5.48. The van der Waals surface area contributed by atoms with Crippen molar-refractivity contribution < 1.29 is 23.2 Å². The van der Waals surface area contributed by atoms with Gasteiger partial charge in [-0.25, -0.2) is 0 Å². The molecular weight excluding hydrogens is 308 g/mol. The SMILES string of the molecule is CO[Si](CCCCC(C)(Br)C(=O)[O-])(OC)OC. The number of hydrogen-bond donors (Lipinski definition) is 0. The average molecular weight is 328 g/mol. The molecule has 0 rings (SSSR count). The number of carboxylic acids is 1. The highest BCUT2D eigenvalue weighted by molar-refractivity contribution is 9.10. The number of halogens is 1. The number of rotatable bonds is 9. The van der Waals surface area contributed by atoms with Gasteiger partial charge in [0.15, 0.2) is 0 Å². The number of carboxylic acid groups (broad SMARTS) is 1. The fourth-order valence-corrected chi connectivity index (χ4v) is 3.53. The van der Waals surface area contributed by atoms with Crippen molar-refractivity contribution in [3.63, 3.8) is 0 Å². The first-order valence-electron chi connectivity index (χ1n) is 5.39. The minimum Gasteiger partial charge on any atom is -0.549 e. The maximum absolute atomic E-state index is 10.8. The van der Waals surface area contributed by atoms with E-state index in [2.05, 4.69) is 15.9 Å². The Morgan fingerprint density at radius 3 is 2.06 bits per heavy atom. The minimum absolute atomic E-state index is 0.497. The van der Waals surface area contributed by atoms with Crippen LogP contribution < -0.4 is 5.11 Å². The first-order valence-corrected chi connectivity index (χ1v) is 8.12. The van der Waals surface area contributed by atoms with Gasteiger partial charge in [0, 0.05) is 27.4 Å². The van der Waals surface area contributed by atoms with Gasteiger partial charge in [-0.15, -0.1) is 0 Å². The van der Waals surface area contributed by atoms with Crippen LogP contribution in [0.5, 0.6) is 0 Å². The molecule has 0 aliphatic heterocycles. The van der Waals surface area contributed by atoms with Crippen LogP contribution in [0.25, 0.3) is 0 Å². The third-order valence-electron chi connectivity index (χ3n) is 2.74. The summed E-state index contributed by atoms with van der Waals surface area (Å²) in [7, 11) is 2.17. The maximum Gasteiger partial charge on any atom is 0.500 e. The van der Waals surface area contributed by atoms with E-state index >= 15 is 0 Å². The second kappa shape index (κ2) is 7.47. The van der Waals surface area contributed by atoms with Crippen molar-refractivity contribution in [2.75, 3.05) is 21.3 Å². The van der Waals surface area contributed by atoms with Gasteiger partial charge in [0.05, 0.1) is 10.3 Å². The molecule has 0 fully saturated rings. The van der Waals surface area contributed by atoms with Crippen LogP contribution in [0.15, 0.2) is 0 Å². The van der Waals surface area contributed by atoms with E-state index in [4.69, 9.17) is 13.3 Å². The van der Waals surface area contributed by atoms with Crippen LogP contribution in [0.4, 0.5) is 0 Å². The molecule has 5 nitrogen and oxygen atoms in total. The Kier molecular flexibility index (Phi) is 7.50. The van der Waals surface area contributed by atoms with E-state index < -0.39 is 19.1 Å². The van der Waals surface area contributed by atoms with Crippen LogP contribution in [0.1, 0.15) is 26.2 Å². The van der Waals surface area contributed by atoms with Crippen molar-refractivity contribution in [2.45, 2.75) is 36.6 Å². The van der Waals surface area contributed by atoms with Crippen molar-refractivity contribution in [3.8, 4) is 0 Å². The summed E-state index contributed by atoms with van der Waals surface area (Å²) in [6.45, 7) is 1.59. The van der Waals surface area contributed by atoms with E-state index in [9.17, 15) is 9.90 Å². The van der Waals surface area contributed by atoms with E-state index in [1.807, 2.05) is 0 Å². The zero-order chi connectivity index (χ0) is 13.5. The van der Waals surface area contributed by atoms with E-state index in [0.29, 0.717) is 12.5 Å². The molecule has 0 N–H and O–H groups in total. The molecule has 17 heavy (non-hydrogen) atoms. The molecular formula is C10H20BrO5Si-. The highest BCUT2D eigenvalue weighted by atomic mass is 79.9. The van der Waals surface area contributed by atoms with Crippen LogP contribution in [0.3, 0.4) is 0 Å². The van der Waals surface area contributed by atoms with Crippen molar-refractivity contribution in [3.05, 3.63) is 0 Å². The lowest BCUT2D eigenvalue weighted by molar-refractivity contribution is -0.308. The molecule has 7 heteroatoms. The molecule has 0 saturated heterocycles. The molecule has 0 spiro atoms. The summed E-state index contributed by atoms with van der Waals surface area (Å²) >= 11 is 3.13. The number of hydrogen-bond acceptors (Lipinski definition) is 5. The number of carbonyl (C=O) groups is 1. The van der Waals surface area contributed by atoms with Gasteiger partial charge < -0.3 is 23.2 Å². The molecule has 0 radical (unpaired) electrons. The second-order valence-corrected chi connectivity index (χ2v) is 8.83. The summed E-state index contributed by atoms with van der Waals surface area (Å²) in [4.78, 5) is 10.8. The van der Waals surface area contributed by atoms with E-state index in [1.54, 1.807) is 28.3 Å². The van der Waals surface area contributed by atoms with E-state index in [0.717, 1.165) is 12.8 Å². The van der Waals surface area contributed by atoms with Crippen LogP contribution in [0, 0.1) is 0 Å². The molecule has 0 aromatic rings. The Morgan fingerprint density at radius 1 is 1.24 bits per heavy atom. The molecule has 0 aliphatic carbocycles. The number of aliphatic carboxylic acids is 1. The molecule has 0 heterocycles. The smallest absolute Gasteiger partial charge is 0.500 e. The van der Waals surface area contributed by atoms with Crippen molar-refractivity contribution in [1.29, 1.82) is 0 Å². The first kappa shape index (κ1) is 17.0. The molecule has 0 aliphatic rings. The lowest BCUT2D eigenvalue weighted by Gasteiger charge is -2.26. The highest BCUT2D eigenvalue weighted by Crippen LogP contribution is 2.25. The number of unbranched alkanes of at least 4 members (excludes halogenated alkanes) is 1. The summed E-state index contributed by atoms with van der Waals surface area (Å²) < 4.78 is 14.8. The third-order valence-corrected chi connectivity index (χ3v) is 6.29. The summed E-state index contributed by atoms with van der Waals surface area (Å²) in [5.74, 6) is -1.09. The molecule has 0 amide bonds. The van der Waals surface area contributed by atoms with Gasteiger partial charge in [0.1, 0.15) is 0 Å². The zero-order valence-electron chi connectivity index (χ0n) is 10.7. The highest BCUT2D eigenvalue weighted by Gasteiger charge is 2.37. The predicted octanol–water partition coefficient (Wildman–Crippen LogP) is 0.938. The largest absolute Gasteiger partial charge is 0.549 e. The Balaban J connectivity index is 4.03. The van der Waals surface area contributed by atoms with Crippen LogP contribution in [0.2, 0.25) is 6.04 Å². The van der Waals surface area contributed by atoms with Gasteiger partial charge in [-0.1, -0.05) is 22.4 Å². The lowest BCUT2D eigenvalue weighted by atomic mass is 10.1. The summed E-state index contributed by atoms with van der Waals surface area (Å²) in [6.07, 6.45) is 2.02. The second-order valence-electron chi connectivity index (χ2n) is 3.99. The minimum atomic E-state index is -2.52. The average Bonchev–Trinajstić information content (AvgIpc) is 2.30. The molecule has 0 saturated carbocycles. The Morgan fingerprint density at radius 2 is 1.71 bits per heavy atom. The van der Waals surface area contributed by atoms with E-state index in [-0.39, 0.29) is 0 Å². The van der Waals surface area contributed by atoms with Crippen LogP contribution in [-0.4, -0.2) is 40.4 Å². The van der Waals surface area contributed by atoms with Crippen LogP contribution in [-0.2, 0) is 18.1 Å². The molecule has 102 valence electrons. The topological polar surface area (TPSA) is 67.8 Å². The number of carbonyl (C=O) groups excluding carboxylic acids is 1. The molecule has 1 unspecified atom stereocenters. The van der Waals surface area contributed by atoms with Gasteiger partial charge in [0.25, 0.3) is 0 Å². The van der Waals surface area contributed by atoms with Crippen molar-refractivity contribution in [1.82, 2.24) is 0 Å². The van der Waals surface area contributed by atoms with Crippen molar-refractivity contribution >= 4 is 30.7 Å². The zero-order valence-corrected chi connectivity index (χ0v) is 13.3. The Bertz CT molecular complexity index is 235. The van der Waals surface area contributed by atoms with E-state index in [1.165, 1.54) is 0 Å². The quantitative estimate of drug-likeness (QED) is 0.358. The molecule has 0 aromatic heterocycles. The normalized spacial score (nSPS) is 15.6. The fraction of sp³-hybridized carbons (Fsp3) is 0.900. The maximum atomic E-state index is 10.8. The molecule has 0 aromatic carbocycles. The summed E-state index contributed by atoms with van der Waals surface area (Å²) in [5, 5.41) is 10.8. The Labute approximate surface area is 112 Å². The van der Waals surface area contributed by atoms with Crippen LogP contribution >= 0.6 is 15.9 Å². The summed E-state index contributed by atoms with van der Waals surface area (Å²) in [5.41, 5.74) is 0. The predicted molar refractivity (Wildman–Crippen MR) is 67.8 cm³/mol. The lowest BCUT2D eigenvalue weighted by Crippen LogP contribution is -2.43. The number of alkyl halides is 1. The Hall–Kier alpha value is 0.0469. The van der Waals surface area contributed by atoms with Gasteiger partial charge in [-0.05, 0) is 19.8 Å². The standard InChI is InChI=1S/C10H21BrO5Si/c1-10(11,9(12)13)7-5-6-8-17(14-2,15-3)16-4/h5-8H2,1-4H3,(H,12,13)/p-1. The van der Waals surface area contributed by atoms with Gasteiger partial charge in [0.2, 0.25) is 0 Å². The molecule has 0 bridgehead atoms. The molecule has 1 atom stereocenters. The monoisotopic (exact) mass is 327 g/mol. The summed E-state index contributed by atoms with van der Waals surface area (Å²) in [6, 6.07) is 0.673.